The molecule has 0 radical (unpaired) electrons. The Labute approximate surface area is 156 Å². The van der Waals surface area contributed by atoms with E-state index in [0.29, 0.717) is 53.2 Å². The lowest BCUT2D eigenvalue weighted by Crippen LogP contribution is -2.14. The van der Waals surface area contributed by atoms with E-state index >= 15 is 0 Å². The molecule has 2 aromatic carbocycles. The van der Waals surface area contributed by atoms with E-state index in [1.165, 1.54) is 7.11 Å². The molecule has 3 rings (SSSR count). The number of nitrogens with one attached hydrogen (secondary N) is 2. The molecule has 0 saturated carbocycles. The molecule has 0 aliphatic carbocycles. The van der Waals surface area contributed by atoms with Gasteiger partial charge in [-0.1, -0.05) is 12.1 Å². The summed E-state index contributed by atoms with van der Waals surface area (Å²) in [5.74, 6) is 1.62. The van der Waals surface area contributed by atoms with Crippen molar-refractivity contribution < 1.29 is 14.3 Å². The molecule has 1 aromatic heterocycles. The average Bonchev–Trinajstić information content (AvgIpc) is 2.68. The Morgan fingerprint density at radius 2 is 1.96 bits per heavy atom. The maximum Gasteiger partial charge on any atom is 0.258 e. The number of para-hydroxylation sites is 1. The van der Waals surface area contributed by atoms with Crippen LogP contribution in [0.4, 0.5) is 5.69 Å². The Balaban J connectivity index is 1.59. The second kappa shape index (κ2) is 8.35. The summed E-state index contributed by atoms with van der Waals surface area (Å²) >= 11 is 0. The van der Waals surface area contributed by atoms with Crippen molar-refractivity contribution >= 4 is 22.5 Å². The molecule has 0 spiro atoms. The summed E-state index contributed by atoms with van der Waals surface area (Å²) in [6.45, 7) is 0. The Bertz CT molecular complexity index is 1010. The Morgan fingerprint density at radius 1 is 1.15 bits per heavy atom. The van der Waals surface area contributed by atoms with Gasteiger partial charge in [-0.15, -0.1) is 0 Å². The summed E-state index contributed by atoms with van der Waals surface area (Å²) in [7, 11) is 3.10. The van der Waals surface area contributed by atoms with E-state index in [1.54, 1.807) is 43.5 Å². The van der Waals surface area contributed by atoms with Gasteiger partial charge in [-0.05, 0) is 30.7 Å². The van der Waals surface area contributed by atoms with Crippen LogP contribution >= 0.6 is 0 Å². The van der Waals surface area contributed by atoms with Gasteiger partial charge in [0.05, 0.1) is 30.8 Å². The van der Waals surface area contributed by atoms with Gasteiger partial charge in [0.2, 0.25) is 5.91 Å². The Hall–Kier alpha value is -3.35. The fourth-order valence-corrected chi connectivity index (χ4v) is 2.78. The Morgan fingerprint density at radius 3 is 2.74 bits per heavy atom. The summed E-state index contributed by atoms with van der Waals surface area (Å²) in [6, 6.07) is 12.4. The normalized spacial score (nSPS) is 10.6. The smallest absolute Gasteiger partial charge is 0.258 e. The van der Waals surface area contributed by atoms with Crippen molar-refractivity contribution in [1.29, 1.82) is 0 Å². The van der Waals surface area contributed by atoms with Crippen LogP contribution in [-0.4, -0.2) is 30.1 Å². The third-order valence-corrected chi connectivity index (χ3v) is 4.16. The summed E-state index contributed by atoms with van der Waals surface area (Å²) in [5.41, 5.74) is 1.08. The molecule has 0 unspecified atom stereocenters. The molecule has 7 nitrogen and oxygen atoms in total. The van der Waals surface area contributed by atoms with Crippen LogP contribution in [0.1, 0.15) is 18.7 Å². The maximum atomic E-state index is 12.2. The number of carbonyl (C=O) groups excluding carboxylic acids is 1. The van der Waals surface area contributed by atoms with E-state index in [-0.39, 0.29) is 11.5 Å². The van der Waals surface area contributed by atoms with Crippen molar-refractivity contribution in [2.75, 3.05) is 19.5 Å². The van der Waals surface area contributed by atoms with Crippen LogP contribution in [0.2, 0.25) is 0 Å². The lowest BCUT2D eigenvalue weighted by molar-refractivity contribution is -0.116. The molecule has 0 atom stereocenters. The predicted molar refractivity (Wildman–Crippen MR) is 103 cm³/mol. The minimum absolute atomic E-state index is 0.137. The van der Waals surface area contributed by atoms with Crippen LogP contribution in [0.5, 0.6) is 11.5 Å². The van der Waals surface area contributed by atoms with Crippen LogP contribution in [0.3, 0.4) is 0 Å². The molecule has 27 heavy (non-hydrogen) atoms. The fourth-order valence-electron chi connectivity index (χ4n) is 2.78. The lowest BCUT2D eigenvalue weighted by atomic mass is 10.2. The lowest BCUT2D eigenvalue weighted by Gasteiger charge is -2.11. The molecule has 1 heterocycles. The first-order chi connectivity index (χ1) is 13.1. The molecule has 0 aliphatic heterocycles. The van der Waals surface area contributed by atoms with Gasteiger partial charge in [0, 0.05) is 18.9 Å². The first-order valence-electron chi connectivity index (χ1n) is 8.60. The maximum absolute atomic E-state index is 12.2. The topological polar surface area (TPSA) is 93.3 Å². The van der Waals surface area contributed by atoms with E-state index in [2.05, 4.69) is 15.3 Å². The zero-order valence-corrected chi connectivity index (χ0v) is 15.2. The molecular formula is C20H21N3O4. The highest BCUT2D eigenvalue weighted by Gasteiger charge is 2.10. The molecule has 0 aliphatic rings. The molecular weight excluding hydrogens is 346 g/mol. The number of ether oxygens (including phenoxy) is 2. The van der Waals surface area contributed by atoms with Crippen molar-refractivity contribution in [2.45, 2.75) is 19.3 Å². The van der Waals surface area contributed by atoms with Crippen LogP contribution in [0.25, 0.3) is 10.9 Å². The van der Waals surface area contributed by atoms with Gasteiger partial charge in [0.1, 0.15) is 17.3 Å². The predicted octanol–water partition coefficient (Wildman–Crippen LogP) is 2.90. The standard InChI is InChI=1S/C20H21N3O4/c1-26-13-10-11-16(17(12-13)27-2)22-19(24)9-5-8-18-21-15-7-4-3-6-14(15)20(25)23-18/h3-4,6-7,10-12H,5,8-9H2,1-2H3,(H,22,24)(H,21,23,25). The zero-order valence-electron chi connectivity index (χ0n) is 15.2. The summed E-state index contributed by atoms with van der Waals surface area (Å²) in [6.07, 6.45) is 1.37. The molecule has 3 aromatic rings. The van der Waals surface area contributed by atoms with Gasteiger partial charge in [0.25, 0.3) is 5.56 Å². The van der Waals surface area contributed by atoms with Crippen molar-refractivity contribution in [2.24, 2.45) is 0 Å². The van der Waals surface area contributed by atoms with Gasteiger partial charge in [0.15, 0.2) is 0 Å². The monoisotopic (exact) mass is 367 g/mol. The average molecular weight is 367 g/mol. The van der Waals surface area contributed by atoms with Crippen molar-refractivity contribution in [3.63, 3.8) is 0 Å². The number of aromatic nitrogens is 2. The summed E-state index contributed by atoms with van der Waals surface area (Å²) < 4.78 is 10.4. The van der Waals surface area contributed by atoms with Crippen LogP contribution in [-0.2, 0) is 11.2 Å². The largest absolute Gasteiger partial charge is 0.497 e. The second-order valence-electron chi connectivity index (χ2n) is 6.00. The number of aromatic amines is 1. The number of methoxy groups -OCH3 is 2. The number of carbonyl (C=O) groups is 1. The zero-order chi connectivity index (χ0) is 19.2. The highest BCUT2D eigenvalue weighted by molar-refractivity contribution is 5.92. The number of rotatable bonds is 7. The second-order valence-corrected chi connectivity index (χ2v) is 6.00. The third-order valence-electron chi connectivity index (χ3n) is 4.16. The van der Waals surface area contributed by atoms with E-state index in [0.717, 1.165) is 0 Å². The molecule has 0 saturated heterocycles. The molecule has 0 bridgehead atoms. The molecule has 0 fully saturated rings. The number of fused-ring (bicyclic) bond motifs is 1. The molecule has 2 N–H and O–H groups in total. The number of H-pyrrole nitrogens is 1. The van der Waals surface area contributed by atoms with Crippen LogP contribution in [0.15, 0.2) is 47.3 Å². The van der Waals surface area contributed by atoms with Crippen molar-refractivity contribution in [1.82, 2.24) is 9.97 Å². The summed E-state index contributed by atoms with van der Waals surface area (Å²) in [5, 5.41) is 3.39. The van der Waals surface area contributed by atoms with E-state index in [1.807, 2.05) is 6.07 Å². The van der Waals surface area contributed by atoms with E-state index in [4.69, 9.17) is 9.47 Å². The fraction of sp³-hybridized carbons (Fsp3) is 0.250. The molecule has 7 heteroatoms. The molecule has 140 valence electrons. The van der Waals surface area contributed by atoms with Gasteiger partial charge < -0.3 is 19.8 Å². The quantitative estimate of drug-likeness (QED) is 0.670. The van der Waals surface area contributed by atoms with Gasteiger partial charge in [-0.3, -0.25) is 9.59 Å². The number of hydrogen-bond acceptors (Lipinski definition) is 5. The van der Waals surface area contributed by atoms with Crippen LogP contribution < -0.4 is 20.3 Å². The Kier molecular flexibility index (Phi) is 5.71. The van der Waals surface area contributed by atoms with E-state index in [9.17, 15) is 9.59 Å². The molecule has 1 amide bonds. The summed E-state index contributed by atoms with van der Waals surface area (Å²) in [4.78, 5) is 31.5. The van der Waals surface area contributed by atoms with Gasteiger partial charge in [-0.2, -0.15) is 0 Å². The number of amides is 1. The first kappa shape index (κ1) is 18.4. The highest BCUT2D eigenvalue weighted by atomic mass is 16.5. The SMILES string of the molecule is COc1ccc(NC(=O)CCCc2nc3ccccc3c(=O)[nH]2)c(OC)c1. The number of aryl methyl sites for hydroxylation is 1. The highest BCUT2D eigenvalue weighted by Crippen LogP contribution is 2.29. The van der Waals surface area contributed by atoms with Crippen molar-refractivity contribution in [3.8, 4) is 11.5 Å². The van der Waals surface area contributed by atoms with Crippen LogP contribution in [0, 0.1) is 0 Å². The number of hydrogen-bond donors (Lipinski definition) is 2. The minimum Gasteiger partial charge on any atom is -0.497 e. The van der Waals surface area contributed by atoms with E-state index < -0.39 is 0 Å². The third kappa shape index (κ3) is 4.44. The number of benzene rings is 2. The number of anilines is 1. The first-order valence-corrected chi connectivity index (χ1v) is 8.60. The van der Waals surface area contributed by atoms with Crippen molar-refractivity contribution in [3.05, 3.63) is 58.6 Å². The number of nitrogens with zero attached hydrogens (tertiary/aromatic N) is 1. The van der Waals surface area contributed by atoms with Gasteiger partial charge in [-0.25, -0.2) is 4.98 Å². The minimum atomic E-state index is -0.164. The van der Waals surface area contributed by atoms with Gasteiger partial charge >= 0.3 is 0 Å².